The molecule has 0 spiro atoms. The summed E-state index contributed by atoms with van der Waals surface area (Å²) >= 11 is 0. The van der Waals surface area contributed by atoms with Crippen molar-refractivity contribution >= 4 is 0 Å². The largest absolute Gasteiger partial charge is 0.198 e. The predicted molar refractivity (Wildman–Crippen MR) is 51.0 cm³/mol. The maximum absolute atomic E-state index is 3.87. The first-order valence-corrected chi connectivity index (χ1v) is 4.17. The average molecular weight is 156 g/mol. The van der Waals surface area contributed by atoms with Gasteiger partial charge in [0.25, 0.3) is 0 Å². The lowest BCUT2D eigenvalue weighted by Crippen LogP contribution is -1.95. The Morgan fingerprint density at radius 1 is 1.45 bits per heavy atom. The molecule has 0 heterocycles. The monoisotopic (exact) mass is 156 g/mol. The van der Waals surface area contributed by atoms with Crippen molar-refractivity contribution in [3.8, 4) is 0 Å². The number of hydrogen-bond donors (Lipinski definition) is 0. The Labute approximate surface area is 70.4 Å². The fraction of sp³-hybridized carbons (Fsp3) is 0.778. The third kappa shape index (κ3) is 12.5. The Kier molecular flexibility index (Phi) is 14.2. The predicted octanol–water partition coefficient (Wildman–Crippen LogP) is 3.31. The molecule has 66 valence electrons. The van der Waals surface area contributed by atoms with Crippen LogP contribution >= 0.6 is 0 Å². The van der Waals surface area contributed by atoms with Crippen molar-refractivity contribution in [3.63, 3.8) is 0 Å². The van der Waals surface area contributed by atoms with Gasteiger partial charge in [0.15, 0.2) is 0 Å². The summed E-state index contributed by atoms with van der Waals surface area (Å²) in [4.78, 5) is 0. The topological polar surface area (TPSA) is 24.7 Å². The third-order valence-corrected chi connectivity index (χ3v) is 1.10. The van der Waals surface area contributed by atoms with Gasteiger partial charge in [-0.1, -0.05) is 26.8 Å². The van der Waals surface area contributed by atoms with E-state index >= 15 is 0 Å². The van der Waals surface area contributed by atoms with Crippen LogP contribution < -0.4 is 0 Å². The van der Waals surface area contributed by atoms with Gasteiger partial charge in [0.1, 0.15) is 0 Å². The highest BCUT2D eigenvalue weighted by atomic mass is 15.1. The summed E-state index contributed by atoms with van der Waals surface area (Å²) in [5.41, 5.74) is 0. The number of allylic oxidation sites excluding steroid dienone is 1. The van der Waals surface area contributed by atoms with Gasteiger partial charge in [-0.05, 0) is 12.3 Å². The van der Waals surface area contributed by atoms with E-state index in [0.29, 0.717) is 5.92 Å². The summed E-state index contributed by atoms with van der Waals surface area (Å²) in [7, 11) is 1.70. The number of azo groups is 1. The average Bonchev–Trinajstić information content (AvgIpc) is 2.05. The van der Waals surface area contributed by atoms with E-state index in [-0.39, 0.29) is 0 Å². The van der Waals surface area contributed by atoms with Crippen LogP contribution in [0.5, 0.6) is 0 Å². The van der Waals surface area contributed by atoms with Gasteiger partial charge >= 0.3 is 0 Å². The molecule has 0 bridgehead atoms. The molecule has 2 nitrogen and oxygen atoms in total. The molecule has 0 aromatic rings. The van der Waals surface area contributed by atoms with E-state index in [9.17, 15) is 0 Å². The molecule has 0 radical (unpaired) electrons. The molecular formula is C9H20N2. The van der Waals surface area contributed by atoms with Crippen LogP contribution in [0.25, 0.3) is 0 Å². The van der Waals surface area contributed by atoms with E-state index in [1.165, 1.54) is 0 Å². The molecule has 0 rings (SSSR count). The lowest BCUT2D eigenvalue weighted by molar-refractivity contribution is 0.592. The molecule has 0 aliphatic heterocycles. The molecule has 0 aliphatic carbocycles. The molecule has 0 aromatic heterocycles. The van der Waals surface area contributed by atoms with E-state index in [0.717, 1.165) is 13.0 Å². The molecule has 0 aliphatic rings. The second-order valence-electron chi connectivity index (χ2n) is 2.15. The lowest BCUT2D eigenvalue weighted by Gasteiger charge is -2.00. The SMILES string of the molecule is C=CCC(C)CN=NC.CC. The summed E-state index contributed by atoms with van der Waals surface area (Å²) in [6, 6.07) is 0. The highest BCUT2D eigenvalue weighted by molar-refractivity contribution is 4.70. The summed E-state index contributed by atoms with van der Waals surface area (Å²) in [5, 5.41) is 7.52. The van der Waals surface area contributed by atoms with E-state index in [4.69, 9.17) is 0 Å². The van der Waals surface area contributed by atoms with Crippen molar-refractivity contribution in [2.45, 2.75) is 27.2 Å². The molecule has 1 unspecified atom stereocenters. The van der Waals surface area contributed by atoms with Crippen LogP contribution in [-0.2, 0) is 0 Å². The minimum absolute atomic E-state index is 0.589. The Hall–Kier alpha value is -0.660. The highest BCUT2D eigenvalue weighted by Gasteiger charge is 1.94. The number of nitrogens with zero attached hydrogens (tertiary/aromatic N) is 2. The highest BCUT2D eigenvalue weighted by Crippen LogP contribution is 2.01. The lowest BCUT2D eigenvalue weighted by atomic mass is 10.1. The Balaban J connectivity index is 0. The van der Waals surface area contributed by atoms with Crippen LogP contribution in [0, 0.1) is 5.92 Å². The molecule has 0 N–H and O–H groups in total. The Bertz CT molecular complexity index is 97.7. The van der Waals surface area contributed by atoms with Crippen molar-refractivity contribution < 1.29 is 0 Å². The summed E-state index contributed by atoms with van der Waals surface area (Å²) in [5.74, 6) is 0.589. The molecule has 0 saturated carbocycles. The van der Waals surface area contributed by atoms with E-state index in [1.54, 1.807) is 7.05 Å². The zero-order valence-corrected chi connectivity index (χ0v) is 8.17. The van der Waals surface area contributed by atoms with Gasteiger partial charge in [0.05, 0.1) is 6.54 Å². The van der Waals surface area contributed by atoms with Crippen molar-refractivity contribution in [3.05, 3.63) is 12.7 Å². The Morgan fingerprint density at radius 2 is 2.00 bits per heavy atom. The molecule has 1 atom stereocenters. The third-order valence-electron chi connectivity index (χ3n) is 1.10. The van der Waals surface area contributed by atoms with E-state index in [2.05, 4.69) is 23.7 Å². The summed E-state index contributed by atoms with van der Waals surface area (Å²) < 4.78 is 0. The van der Waals surface area contributed by atoms with Crippen LogP contribution in [0.1, 0.15) is 27.2 Å². The van der Waals surface area contributed by atoms with E-state index < -0.39 is 0 Å². The molecule has 0 amide bonds. The van der Waals surface area contributed by atoms with Crippen molar-refractivity contribution in [1.82, 2.24) is 0 Å². The maximum atomic E-state index is 3.87. The van der Waals surface area contributed by atoms with Gasteiger partial charge in [-0.2, -0.15) is 10.2 Å². The van der Waals surface area contributed by atoms with Gasteiger partial charge in [0.2, 0.25) is 0 Å². The molecule has 0 fully saturated rings. The first-order valence-electron chi connectivity index (χ1n) is 4.17. The maximum Gasteiger partial charge on any atom is 0.0627 e. The molecule has 0 saturated heterocycles. The van der Waals surface area contributed by atoms with Gasteiger partial charge in [0, 0.05) is 7.05 Å². The summed E-state index contributed by atoms with van der Waals surface area (Å²) in [6.45, 7) is 10.6. The zero-order valence-electron chi connectivity index (χ0n) is 8.17. The van der Waals surface area contributed by atoms with Crippen molar-refractivity contribution in [2.75, 3.05) is 13.6 Å². The normalized spacial score (nSPS) is 12.0. The molecular weight excluding hydrogens is 136 g/mol. The minimum atomic E-state index is 0.589. The number of rotatable bonds is 4. The van der Waals surface area contributed by atoms with Crippen LogP contribution in [0.15, 0.2) is 22.9 Å². The second kappa shape index (κ2) is 12.1. The van der Waals surface area contributed by atoms with Gasteiger partial charge in [-0.25, -0.2) is 0 Å². The van der Waals surface area contributed by atoms with Gasteiger partial charge in [-0.3, -0.25) is 0 Å². The van der Waals surface area contributed by atoms with Gasteiger partial charge < -0.3 is 0 Å². The first kappa shape index (κ1) is 13.0. The quantitative estimate of drug-likeness (QED) is 0.440. The summed E-state index contributed by atoms with van der Waals surface area (Å²) in [6.07, 6.45) is 2.94. The fourth-order valence-electron chi connectivity index (χ4n) is 0.580. The standard InChI is InChI=1S/C7H14N2.C2H6/c1-4-5-7(2)6-9-8-3;1-2/h4,7H,1,5-6H2,2-3H3;1-2H3. The van der Waals surface area contributed by atoms with Crippen LogP contribution in [0.4, 0.5) is 0 Å². The minimum Gasteiger partial charge on any atom is -0.198 e. The van der Waals surface area contributed by atoms with Crippen molar-refractivity contribution in [2.24, 2.45) is 16.1 Å². The van der Waals surface area contributed by atoms with E-state index in [1.807, 2.05) is 19.9 Å². The fourth-order valence-corrected chi connectivity index (χ4v) is 0.580. The zero-order chi connectivity index (χ0) is 9.11. The molecule has 11 heavy (non-hydrogen) atoms. The van der Waals surface area contributed by atoms with Crippen LogP contribution in [-0.4, -0.2) is 13.6 Å². The van der Waals surface area contributed by atoms with Crippen molar-refractivity contribution in [1.29, 1.82) is 0 Å². The molecule has 2 heteroatoms. The van der Waals surface area contributed by atoms with Gasteiger partial charge in [-0.15, -0.1) is 6.58 Å². The smallest absolute Gasteiger partial charge is 0.0627 e. The van der Waals surface area contributed by atoms with Crippen LogP contribution in [0.2, 0.25) is 0 Å². The number of hydrogen-bond acceptors (Lipinski definition) is 2. The first-order chi connectivity index (χ1) is 5.31. The van der Waals surface area contributed by atoms with Crippen LogP contribution in [0.3, 0.4) is 0 Å². The molecule has 0 aromatic carbocycles. The second-order valence-corrected chi connectivity index (χ2v) is 2.15. The Morgan fingerprint density at radius 3 is 2.36 bits per heavy atom.